The van der Waals surface area contributed by atoms with Gasteiger partial charge in [0.05, 0.1) is 23.3 Å². The summed E-state index contributed by atoms with van der Waals surface area (Å²) < 4.78 is 31.0. The lowest BCUT2D eigenvalue weighted by atomic mass is 9.32. The molecule has 7 aliphatic rings. The molecule has 0 aromatic heterocycles. The number of carbonyl (C=O) groups is 2. The second-order valence-electron chi connectivity index (χ2n) is 22.1. The van der Waals surface area contributed by atoms with E-state index in [0.717, 1.165) is 25.8 Å². The molecule has 7 fully saturated rings. The predicted molar refractivity (Wildman–Crippen MR) is 214 cm³/mol. The van der Waals surface area contributed by atoms with Crippen LogP contribution < -0.4 is 5.32 Å². The molecular weight excluding hydrogens is 697 g/mol. The average Bonchev–Trinajstić information content (AvgIpc) is 3.45. The van der Waals surface area contributed by atoms with E-state index in [1.54, 1.807) is 0 Å². The van der Waals surface area contributed by atoms with Crippen LogP contribution in [0.25, 0.3) is 0 Å². The van der Waals surface area contributed by atoms with Crippen LogP contribution in [-0.2, 0) is 24.2 Å². The zero-order chi connectivity index (χ0) is 39.6. The average molecular weight is 771 g/mol. The van der Waals surface area contributed by atoms with Crippen LogP contribution in [0.15, 0.2) is 12.2 Å². The van der Waals surface area contributed by atoms with Gasteiger partial charge in [0, 0.05) is 36.6 Å². The minimum Gasteiger partial charge on any atom is -0.481 e. The second kappa shape index (κ2) is 13.3. The van der Waals surface area contributed by atoms with E-state index in [4.69, 9.17) is 4.74 Å². The first-order valence-electron chi connectivity index (χ1n) is 21.7. The number of aliphatic carboxylic acids is 1. The molecule has 9 heteroatoms. The van der Waals surface area contributed by atoms with Crippen molar-refractivity contribution in [3.8, 4) is 0 Å². The molecular formula is C45H74N2O6S. The molecule has 0 aromatic rings. The van der Waals surface area contributed by atoms with E-state index in [0.29, 0.717) is 54.6 Å². The van der Waals surface area contributed by atoms with Gasteiger partial charge in [-0.25, -0.2) is 8.42 Å². The van der Waals surface area contributed by atoms with Crippen molar-refractivity contribution < 1.29 is 27.9 Å². The maximum Gasteiger partial charge on any atom is 0.310 e. The van der Waals surface area contributed by atoms with Gasteiger partial charge in [-0.15, -0.1) is 0 Å². The largest absolute Gasteiger partial charge is 0.481 e. The van der Waals surface area contributed by atoms with Gasteiger partial charge in [0.1, 0.15) is 6.10 Å². The van der Waals surface area contributed by atoms with Crippen molar-refractivity contribution in [3.05, 3.63) is 12.2 Å². The summed E-state index contributed by atoms with van der Waals surface area (Å²) in [5.41, 5.74) is 1.27. The summed E-state index contributed by atoms with van der Waals surface area (Å²) in [5.74, 6) is 1.30. The number of esters is 1. The van der Waals surface area contributed by atoms with Crippen molar-refractivity contribution in [1.29, 1.82) is 0 Å². The van der Waals surface area contributed by atoms with Gasteiger partial charge in [0.25, 0.3) is 0 Å². The summed E-state index contributed by atoms with van der Waals surface area (Å²) in [6.07, 6.45) is 11.4. The molecule has 2 N–H and O–H groups in total. The number of nitrogens with one attached hydrogen (secondary N) is 1. The van der Waals surface area contributed by atoms with Crippen molar-refractivity contribution >= 4 is 21.8 Å². The number of ether oxygens (including phenoxy) is 1. The van der Waals surface area contributed by atoms with Gasteiger partial charge in [-0.05, 0) is 128 Å². The number of carboxylic acids is 1. The molecule has 54 heavy (non-hydrogen) atoms. The van der Waals surface area contributed by atoms with Crippen LogP contribution in [0.5, 0.6) is 0 Å². The lowest BCUT2D eigenvalue weighted by molar-refractivity contribution is -0.246. The first kappa shape index (κ1) is 40.7. The molecule has 8 nitrogen and oxygen atoms in total. The van der Waals surface area contributed by atoms with E-state index >= 15 is 0 Å². The Morgan fingerprint density at radius 1 is 0.833 bits per heavy atom. The highest BCUT2D eigenvalue weighted by Gasteiger charge is 2.72. The molecule has 1 heterocycles. The SMILES string of the molecule is C=C(C)[C@@H]1CC[C@]2(NC[C@@H](C(C)C)N3CCS(=O)(=O)CC3)CC[C@]3(C)[C@H](CC[C@@H]4[C@@]5(C)CC[C@H](OC(=O)[C@H]6[C@@H](C(=O)O)C6(C)C)C(C)(C)[C@@H]5CC[C@]43C)[C@@H]12. The molecule has 0 bridgehead atoms. The minimum atomic E-state index is -2.92. The Hall–Kier alpha value is -1.45. The van der Waals surface area contributed by atoms with Crippen LogP contribution in [0, 0.1) is 74.4 Å². The first-order valence-corrected chi connectivity index (χ1v) is 23.6. The summed E-state index contributed by atoms with van der Waals surface area (Å²) in [7, 11) is -2.92. The lowest BCUT2D eigenvalue weighted by Gasteiger charge is -2.73. The van der Waals surface area contributed by atoms with Gasteiger partial charge in [0.15, 0.2) is 9.84 Å². The molecule has 13 atom stereocenters. The van der Waals surface area contributed by atoms with E-state index in [-0.39, 0.29) is 50.8 Å². The summed E-state index contributed by atoms with van der Waals surface area (Å²) in [6, 6.07) is 0.323. The zero-order valence-corrected chi connectivity index (χ0v) is 36.2. The van der Waals surface area contributed by atoms with E-state index < -0.39 is 33.1 Å². The molecule has 0 amide bonds. The van der Waals surface area contributed by atoms with Crippen molar-refractivity contribution in [1.82, 2.24) is 10.2 Å². The Bertz CT molecular complexity index is 1630. The number of carbonyl (C=O) groups excluding carboxylic acids is 1. The number of carboxylic acid groups (broad SMARTS) is 1. The van der Waals surface area contributed by atoms with Crippen LogP contribution in [0.3, 0.4) is 0 Å². The van der Waals surface area contributed by atoms with Crippen molar-refractivity contribution in [2.24, 2.45) is 74.4 Å². The van der Waals surface area contributed by atoms with Crippen molar-refractivity contribution in [2.45, 2.75) is 151 Å². The fourth-order valence-electron chi connectivity index (χ4n) is 15.5. The third-order valence-electron chi connectivity index (χ3n) is 18.9. The summed E-state index contributed by atoms with van der Waals surface area (Å²) >= 11 is 0. The predicted octanol–water partition coefficient (Wildman–Crippen LogP) is 8.01. The molecule has 0 aromatic carbocycles. The molecule has 0 spiro atoms. The third kappa shape index (κ3) is 6.02. The molecule has 1 saturated heterocycles. The first-order chi connectivity index (χ1) is 25.0. The number of fused-ring (bicyclic) bond motifs is 7. The number of rotatable bonds is 9. The number of hydrogen-bond donors (Lipinski definition) is 2. The molecule has 6 aliphatic carbocycles. The highest BCUT2D eigenvalue weighted by molar-refractivity contribution is 7.91. The zero-order valence-electron chi connectivity index (χ0n) is 35.4. The molecule has 0 unspecified atom stereocenters. The smallest absolute Gasteiger partial charge is 0.310 e. The summed E-state index contributed by atoms with van der Waals surface area (Å²) in [4.78, 5) is 27.8. The molecule has 7 rings (SSSR count). The molecule has 0 radical (unpaired) electrons. The van der Waals surface area contributed by atoms with Gasteiger partial charge in [-0.3, -0.25) is 14.5 Å². The van der Waals surface area contributed by atoms with Gasteiger partial charge in [0.2, 0.25) is 0 Å². The van der Waals surface area contributed by atoms with Crippen LogP contribution in [0.2, 0.25) is 0 Å². The Balaban J connectivity index is 1.11. The topological polar surface area (TPSA) is 113 Å². The van der Waals surface area contributed by atoms with Gasteiger partial charge in [-0.1, -0.05) is 74.5 Å². The van der Waals surface area contributed by atoms with Crippen LogP contribution in [0.1, 0.15) is 133 Å². The van der Waals surface area contributed by atoms with Gasteiger partial charge < -0.3 is 15.2 Å². The third-order valence-corrected chi connectivity index (χ3v) is 20.5. The maximum atomic E-state index is 13.5. The maximum absolute atomic E-state index is 13.5. The number of hydrogen-bond acceptors (Lipinski definition) is 7. The number of sulfone groups is 1. The minimum absolute atomic E-state index is 0.0901. The Morgan fingerprint density at radius 3 is 2.09 bits per heavy atom. The van der Waals surface area contributed by atoms with Crippen LogP contribution in [-0.4, -0.2) is 79.2 Å². The second-order valence-corrected chi connectivity index (χ2v) is 24.4. The van der Waals surface area contributed by atoms with E-state index in [2.05, 4.69) is 72.2 Å². The van der Waals surface area contributed by atoms with Crippen molar-refractivity contribution in [3.63, 3.8) is 0 Å². The van der Waals surface area contributed by atoms with E-state index in [1.807, 2.05) is 13.8 Å². The van der Waals surface area contributed by atoms with Gasteiger partial charge >= 0.3 is 11.9 Å². The van der Waals surface area contributed by atoms with Crippen LogP contribution in [0.4, 0.5) is 0 Å². The summed E-state index contributed by atoms with van der Waals surface area (Å²) in [5, 5.41) is 14.1. The van der Waals surface area contributed by atoms with Gasteiger partial charge in [-0.2, -0.15) is 0 Å². The monoisotopic (exact) mass is 771 g/mol. The molecule has 306 valence electrons. The van der Waals surface area contributed by atoms with E-state index in [9.17, 15) is 23.1 Å². The van der Waals surface area contributed by atoms with E-state index in [1.165, 1.54) is 50.5 Å². The fraction of sp³-hybridized carbons (Fsp3) is 0.911. The Morgan fingerprint density at radius 2 is 1.50 bits per heavy atom. The number of allylic oxidation sites excluding steroid dienone is 1. The number of nitrogens with zero attached hydrogens (tertiary/aromatic N) is 1. The Kier molecular flexibility index (Phi) is 10.0. The quantitative estimate of drug-likeness (QED) is 0.179. The molecule has 1 aliphatic heterocycles. The Labute approximate surface area is 327 Å². The lowest BCUT2D eigenvalue weighted by Crippen LogP contribution is -2.69. The van der Waals surface area contributed by atoms with Crippen molar-refractivity contribution in [2.75, 3.05) is 31.1 Å². The summed E-state index contributed by atoms with van der Waals surface area (Å²) in [6.45, 7) is 30.1. The fourth-order valence-corrected chi connectivity index (χ4v) is 16.8. The van der Waals surface area contributed by atoms with Crippen LogP contribution >= 0.6 is 0 Å². The highest BCUT2D eigenvalue weighted by atomic mass is 32.2. The highest BCUT2D eigenvalue weighted by Crippen LogP contribution is 2.76. The standard InChI is InChI=1S/C45H74N2O6S/c1-27(2)29-14-19-45(46-26-31(28(3)4)47-22-24-54(51,52)25-23-47)21-20-43(10)30(35(29)45)12-13-33-42(9)17-16-34(40(5,6)32(42)15-18-44(33,43)11)53-39(50)37-36(38(48)49)41(37,7)8/h28-37,46H,1,12-26H2,2-11H3,(H,48,49)/t29-,30+,31-,32-,33+,34-,35+,36-,37+,42-,43+,44+,45-/m0/s1. The molecule has 6 saturated carbocycles. The normalized spacial score (nSPS) is 46.6.